The summed E-state index contributed by atoms with van der Waals surface area (Å²) in [7, 11) is 0. The summed E-state index contributed by atoms with van der Waals surface area (Å²) in [6, 6.07) is 0. The Morgan fingerprint density at radius 2 is 1.82 bits per heavy atom. The van der Waals surface area contributed by atoms with E-state index in [1.165, 1.54) is 0 Å². The van der Waals surface area contributed by atoms with Gasteiger partial charge in [-0.25, -0.2) is 0 Å². The molecule has 0 spiro atoms. The summed E-state index contributed by atoms with van der Waals surface area (Å²) in [5.74, 6) is 0.749. The van der Waals surface area contributed by atoms with E-state index in [2.05, 4.69) is 20.8 Å². The fraction of sp³-hybridized carbons (Fsp3) is 0.929. The second kappa shape index (κ2) is 4.97. The number of carbonyl (C=O) groups is 1. The Labute approximate surface area is 106 Å². The summed E-state index contributed by atoms with van der Waals surface area (Å²) in [6.07, 6.45) is 2.55. The minimum atomic E-state index is -0.646. The van der Waals surface area contributed by atoms with Gasteiger partial charge in [-0.2, -0.15) is 0 Å². The topological polar surface area (TPSA) is 46.3 Å². The van der Waals surface area contributed by atoms with E-state index in [9.17, 15) is 4.79 Å². The molecule has 3 heteroatoms. The van der Waals surface area contributed by atoms with Crippen LogP contribution in [-0.2, 0) is 4.79 Å². The first kappa shape index (κ1) is 14.5. The van der Waals surface area contributed by atoms with Crippen LogP contribution in [-0.4, -0.2) is 29.4 Å². The van der Waals surface area contributed by atoms with E-state index in [0.717, 1.165) is 32.4 Å². The van der Waals surface area contributed by atoms with E-state index in [0.29, 0.717) is 5.92 Å². The van der Waals surface area contributed by atoms with E-state index in [1.54, 1.807) is 0 Å². The number of hydrogen-bond acceptors (Lipinski definition) is 2. The molecule has 3 nitrogen and oxygen atoms in total. The Balaban J connectivity index is 2.69. The second-order valence-corrected chi connectivity index (χ2v) is 6.47. The van der Waals surface area contributed by atoms with Gasteiger partial charge in [-0.05, 0) is 30.6 Å². The fourth-order valence-electron chi connectivity index (χ4n) is 2.52. The van der Waals surface area contributed by atoms with Crippen LogP contribution in [0.2, 0.25) is 0 Å². The summed E-state index contributed by atoms with van der Waals surface area (Å²) in [5.41, 5.74) is 5.82. The highest BCUT2D eigenvalue weighted by molar-refractivity contribution is 5.86. The molecule has 2 N–H and O–H groups in total. The van der Waals surface area contributed by atoms with Crippen LogP contribution in [0.15, 0.2) is 0 Å². The number of hydrogen-bond donors (Lipinski definition) is 1. The van der Waals surface area contributed by atoms with Crippen molar-refractivity contribution in [2.24, 2.45) is 17.1 Å². The highest BCUT2D eigenvalue weighted by Gasteiger charge is 2.39. The predicted molar refractivity (Wildman–Crippen MR) is 71.6 cm³/mol. The van der Waals surface area contributed by atoms with Crippen LogP contribution in [0.1, 0.15) is 53.9 Å². The lowest BCUT2D eigenvalue weighted by molar-refractivity contribution is -0.136. The lowest BCUT2D eigenvalue weighted by Gasteiger charge is -2.32. The maximum Gasteiger partial charge on any atom is 0.242 e. The quantitative estimate of drug-likeness (QED) is 0.823. The van der Waals surface area contributed by atoms with Crippen LogP contribution in [0.4, 0.5) is 0 Å². The Kier molecular flexibility index (Phi) is 4.23. The highest BCUT2D eigenvalue weighted by Crippen LogP contribution is 2.34. The molecule has 1 atom stereocenters. The second-order valence-electron chi connectivity index (χ2n) is 6.47. The standard InChI is InChI=1S/C14H28N2O/c1-6-14(15,7-2)12(17)16-9-8-11(10-16)13(3,4)5/h11H,6-10,15H2,1-5H3. The molecule has 1 amide bonds. The maximum atomic E-state index is 12.4. The first-order chi connectivity index (χ1) is 7.74. The molecule has 1 heterocycles. The molecule has 1 aliphatic rings. The molecule has 0 radical (unpaired) electrons. The number of nitrogens with zero attached hydrogens (tertiary/aromatic N) is 1. The molecule has 0 aliphatic carbocycles. The lowest BCUT2D eigenvalue weighted by atomic mass is 9.80. The van der Waals surface area contributed by atoms with Crippen LogP contribution in [0, 0.1) is 11.3 Å². The third-order valence-corrected chi connectivity index (χ3v) is 4.39. The maximum absolute atomic E-state index is 12.4. The van der Waals surface area contributed by atoms with Crippen molar-refractivity contribution in [2.75, 3.05) is 13.1 Å². The summed E-state index contributed by atoms with van der Waals surface area (Å²) in [4.78, 5) is 14.4. The first-order valence-corrected chi connectivity index (χ1v) is 6.83. The van der Waals surface area contributed by atoms with Crippen molar-refractivity contribution in [3.63, 3.8) is 0 Å². The Morgan fingerprint density at radius 1 is 1.29 bits per heavy atom. The van der Waals surface area contributed by atoms with Gasteiger partial charge in [-0.15, -0.1) is 0 Å². The largest absolute Gasteiger partial charge is 0.341 e. The van der Waals surface area contributed by atoms with Gasteiger partial charge in [-0.3, -0.25) is 4.79 Å². The van der Waals surface area contributed by atoms with Crippen LogP contribution in [0.25, 0.3) is 0 Å². The molecule has 100 valence electrons. The molecule has 0 aromatic rings. The van der Waals surface area contributed by atoms with Crippen molar-refractivity contribution >= 4 is 5.91 Å². The van der Waals surface area contributed by atoms with Crippen LogP contribution < -0.4 is 5.73 Å². The smallest absolute Gasteiger partial charge is 0.242 e. The zero-order valence-electron chi connectivity index (χ0n) is 12.0. The van der Waals surface area contributed by atoms with Gasteiger partial charge in [-0.1, -0.05) is 34.6 Å². The molecule has 1 aliphatic heterocycles. The molecule has 17 heavy (non-hydrogen) atoms. The van der Waals surface area contributed by atoms with Crippen molar-refractivity contribution in [2.45, 2.75) is 59.4 Å². The Hall–Kier alpha value is -0.570. The van der Waals surface area contributed by atoms with Crippen molar-refractivity contribution in [3.8, 4) is 0 Å². The molecule has 1 fully saturated rings. The van der Waals surface area contributed by atoms with Crippen molar-refractivity contribution in [1.29, 1.82) is 0 Å². The van der Waals surface area contributed by atoms with Gasteiger partial charge in [0.1, 0.15) is 0 Å². The molecule has 1 saturated heterocycles. The molecule has 0 aromatic heterocycles. The molecule has 0 saturated carbocycles. The van der Waals surface area contributed by atoms with Gasteiger partial charge >= 0.3 is 0 Å². The molecular formula is C14H28N2O. The number of amides is 1. The average Bonchev–Trinajstić information content (AvgIpc) is 2.75. The minimum absolute atomic E-state index is 0.147. The van der Waals surface area contributed by atoms with Gasteiger partial charge in [0.05, 0.1) is 5.54 Å². The first-order valence-electron chi connectivity index (χ1n) is 6.83. The monoisotopic (exact) mass is 240 g/mol. The summed E-state index contributed by atoms with van der Waals surface area (Å²) < 4.78 is 0. The van der Waals surface area contributed by atoms with E-state index in [1.807, 2.05) is 18.7 Å². The number of rotatable bonds is 3. The lowest BCUT2D eigenvalue weighted by Crippen LogP contribution is -2.54. The van der Waals surface area contributed by atoms with Crippen molar-refractivity contribution in [3.05, 3.63) is 0 Å². The third-order valence-electron chi connectivity index (χ3n) is 4.39. The SMILES string of the molecule is CCC(N)(CC)C(=O)N1CCC(C(C)(C)C)C1. The zero-order chi connectivity index (χ0) is 13.3. The van der Waals surface area contributed by atoms with Crippen LogP contribution in [0.3, 0.4) is 0 Å². The normalized spacial score (nSPS) is 22.0. The van der Waals surface area contributed by atoms with Gasteiger partial charge in [0.2, 0.25) is 5.91 Å². The van der Waals surface area contributed by atoms with E-state index >= 15 is 0 Å². The van der Waals surface area contributed by atoms with Gasteiger partial charge in [0.25, 0.3) is 0 Å². The van der Waals surface area contributed by atoms with Gasteiger partial charge < -0.3 is 10.6 Å². The summed E-state index contributed by atoms with van der Waals surface area (Å²) in [6.45, 7) is 12.5. The van der Waals surface area contributed by atoms with Crippen LogP contribution >= 0.6 is 0 Å². The Bertz CT molecular complexity index is 276. The average molecular weight is 240 g/mol. The number of nitrogens with two attached hydrogens (primary N) is 1. The fourth-order valence-corrected chi connectivity index (χ4v) is 2.52. The van der Waals surface area contributed by atoms with Crippen molar-refractivity contribution in [1.82, 2.24) is 4.90 Å². The van der Waals surface area contributed by atoms with Crippen LogP contribution in [0.5, 0.6) is 0 Å². The third kappa shape index (κ3) is 3.01. The Morgan fingerprint density at radius 3 is 2.18 bits per heavy atom. The zero-order valence-corrected chi connectivity index (χ0v) is 12.0. The summed E-state index contributed by atoms with van der Waals surface area (Å²) in [5, 5.41) is 0. The molecular weight excluding hydrogens is 212 g/mol. The molecule has 1 rings (SSSR count). The van der Waals surface area contributed by atoms with E-state index < -0.39 is 5.54 Å². The summed E-state index contributed by atoms with van der Waals surface area (Å²) >= 11 is 0. The van der Waals surface area contributed by atoms with E-state index in [4.69, 9.17) is 5.73 Å². The van der Waals surface area contributed by atoms with E-state index in [-0.39, 0.29) is 11.3 Å². The highest BCUT2D eigenvalue weighted by atomic mass is 16.2. The predicted octanol–water partition coefficient (Wildman–Crippen LogP) is 2.40. The minimum Gasteiger partial charge on any atom is -0.341 e. The molecule has 0 bridgehead atoms. The van der Waals surface area contributed by atoms with Gasteiger partial charge in [0.15, 0.2) is 0 Å². The number of likely N-dealkylation sites (tertiary alicyclic amines) is 1. The molecule has 1 unspecified atom stereocenters. The van der Waals surface area contributed by atoms with Crippen molar-refractivity contribution < 1.29 is 4.79 Å². The number of carbonyl (C=O) groups excluding carboxylic acids is 1. The van der Waals surface area contributed by atoms with Gasteiger partial charge in [0, 0.05) is 13.1 Å². The molecule has 0 aromatic carbocycles.